The number of carbonyl (C=O) groups excluding carboxylic acids is 2. The minimum Gasteiger partial charge on any atom is -0.422 e. The number of benzene rings is 1. The highest BCUT2D eigenvalue weighted by Gasteiger charge is 2.13. The van der Waals surface area contributed by atoms with Crippen molar-refractivity contribution >= 4 is 22.8 Å². The maximum atomic E-state index is 12.2. The molecule has 2 rings (SSSR count). The summed E-state index contributed by atoms with van der Waals surface area (Å²) in [7, 11) is 0. The highest BCUT2D eigenvalue weighted by Crippen LogP contribution is 2.15. The molecule has 29 heavy (non-hydrogen) atoms. The molecule has 0 spiro atoms. The predicted molar refractivity (Wildman–Crippen MR) is 111 cm³/mol. The second-order valence-electron chi connectivity index (χ2n) is 6.52. The van der Waals surface area contributed by atoms with E-state index in [1.165, 1.54) is 0 Å². The Bertz CT molecular complexity index is 969. The Morgan fingerprint density at radius 3 is 2.76 bits per heavy atom. The first-order valence-electron chi connectivity index (χ1n) is 9.58. The van der Waals surface area contributed by atoms with E-state index in [0.717, 1.165) is 12.0 Å². The third-order valence-electron chi connectivity index (χ3n) is 4.16. The topological polar surface area (TPSA) is 97.6 Å². The minimum atomic E-state index is -0.646. The van der Waals surface area contributed by atoms with E-state index < -0.39 is 11.5 Å². The van der Waals surface area contributed by atoms with Crippen LogP contribution in [0.1, 0.15) is 42.1 Å². The maximum absolute atomic E-state index is 12.2. The lowest BCUT2D eigenvalue weighted by atomic mass is 10.1. The van der Waals surface area contributed by atoms with Crippen molar-refractivity contribution in [1.82, 2.24) is 10.6 Å². The first kappa shape index (κ1) is 22.2. The van der Waals surface area contributed by atoms with Gasteiger partial charge in [-0.25, -0.2) is 4.79 Å². The van der Waals surface area contributed by atoms with E-state index in [2.05, 4.69) is 22.5 Å². The Morgan fingerprint density at radius 2 is 1.97 bits per heavy atom. The molecule has 0 saturated heterocycles. The van der Waals surface area contributed by atoms with Crippen LogP contribution in [0.15, 0.2) is 33.5 Å². The summed E-state index contributed by atoms with van der Waals surface area (Å²) in [6.45, 7) is 5.23. The average molecular weight is 398 g/mol. The number of hydrogen-bond donors (Lipinski definition) is 2. The number of ether oxygens (including phenoxy) is 1. The molecule has 154 valence electrons. The van der Waals surface area contributed by atoms with Gasteiger partial charge in [-0.05, 0) is 44.4 Å². The number of amides is 2. The van der Waals surface area contributed by atoms with Crippen LogP contribution in [-0.4, -0.2) is 38.1 Å². The Morgan fingerprint density at radius 1 is 1.14 bits per heavy atom. The molecule has 0 radical (unpaired) electrons. The van der Waals surface area contributed by atoms with Crippen molar-refractivity contribution in [2.45, 2.75) is 33.1 Å². The zero-order chi connectivity index (χ0) is 21.1. The van der Waals surface area contributed by atoms with Gasteiger partial charge in [0.25, 0.3) is 5.91 Å². The number of nitrogens with one attached hydrogen (secondary N) is 2. The van der Waals surface area contributed by atoms with Gasteiger partial charge >= 0.3 is 5.63 Å². The predicted octanol–water partition coefficient (Wildman–Crippen LogP) is 2.16. The van der Waals surface area contributed by atoms with Crippen LogP contribution >= 0.6 is 0 Å². The SMILES string of the molecule is CC#CCNC(=O)CCOCCCCNC(=O)c1cc2ccc(C)cc2oc1=O. The van der Waals surface area contributed by atoms with E-state index in [0.29, 0.717) is 50.1 Å². The van der Waals surface area contributed by atoms with E-state index in [-0.39, 0.29) is 11.5 Å². The van der Waals surface area contributed by atoms with E-state index in [9.17, 15) is 14.4 Å². The average Bonchev–Trinajstić information content (AvgIpc) is 2.69. The van der Waals surface area contributed by atoms with Gasteiger partial charge in [0.05, 0.1) is 13.2 Å². The zero-order valence-corrected chi connectivity index (χ0v) is 16.8. The quantitative estimate of drug-likeness (QED) is 0.363. The Balaban J connectivity index is 1.65. The Kier molecular flexibility index (Phi) is 8.93. The summed E-state index contributed by atoms with van der Waals surface area (Å²) in [5, 5.41) is 6.10. The lowest BCUT2D eigenvalue weighted by molar-refractivity contribution is -0.121. The number of aryl methyl sites for hydroxylation is 1. The van der Waals surface area contributed by atoms with E-state index in [1.807, 2.05) is 19.1 Å². The van der Waals surface area contributed by atoms with E-state index >= 15 is 0 Å². The number of fused-ring (bicyclic) bond motifs is 1. The molecule has 0 unspecified atom stereocenters. The van der Waals surface area contributed by atoms with Gasteiger partial charge in [-0.1, -0.05) is 18.1 Å². The molecule has 0 bridgehead atoms. The molecule has 7 heteroatoms. The Labute approximate surface area is 169 Å². The van der Waals surface area contributed by atoms with Crippen molar-refractivity contribution in [3.63, 3.8) is 0 Å². The summed E-state index contributed by atoms with van der Waals surface area (Å²) in [6.07, 6.45) is 1.72. The minimum absolute atomic E-state index is 0.00335. The first-order chi connectivity index (χ1) is 14.0. The number of unbranched alkanes of at least 4 members (excludes halogenated alkanes) is 1. The molecule has 7 nitrogen and oxygen atoms in total. The monoisotopic (exact) mass is 398 g/mol. The third kappa shape index (κ3) is 7.43. The molecule has 0 saturated carbocycles. The molecule has 0 aliphatic carbocycles. The van der Waals surface area contributed by atoms with Gasteiger partial charge in [-0.15, -0.1) is 5.92 Å². The summed E-state index contributed by atoms with van der Waals surface area (Å²) in [6, 6.07) is 7.03. The first-order valence-corrected chi connectivity index (χ1v) is 9.58. The molecule has 0 aliphatic heterocycles. The van der Waals surface area contributed by atoms with Crippen molar-refractivity contribution in [3.05, 3.63) is 45.8 Å². The number of rotatable bonds is 10. The van der Waals surface area contributed by atoms with E-state index in [1.54, 1.807) is 19.1 Å². The van der Waals surface area contributed by atoms with Crippen LogP contribution < -0.4 is 16.3 Å². The molecular weight excluding hydrogens is 372 g/mol. The highest BCUT2D eigenvalue weighted by molar-refractivity contribution is 5.96. The van der Waals surface area contributed by atoms with E-state index in [4.69, 9.17) is 9.15 Å². The molecular formula is C22H26N2O5. The molecule has 2 amide bonds. The van der Waals surface area contributed by atoms with Crippen LogP contribution in [0, 0.1) is 18.8 Å². The van der Waals surface area contributed by atoms with Gasteiger partial charge in [0.2, 0.25) is 5.91 Å². The molecule has 0 fully saturated rings. The van der Waals surface area contributed by atoms with Crippen molar-refractivity contribution in [2.75, 3.05) is 26.3 Å². The van der Waals surface area contributed by atoms with Crippen molar-refractivity contribution in [3.8, 4) is 11.8 Å². The molecule has 1 aromatic carbocycles. The summed E-state index contributed by atoms with van der Waals surface area (Å²) in [5.41, 5.74) is 0.797. The Hall–Kier alpha value is -3.11. The second kappa shape index (κ2) is 11.7. The fourth-order valence-corrected chi connectivity index (χ4v) is 2.59. The molecule has 2 aromatic rings. The van der Waals surface area contributed by atoms with Crippen molar-refractivity contribution < 1.29 is 18.7 Å². The lowest BCUT2D eigenvalue weighted by Crippen LogP contribution is -2.29. The van der Waals surface area contributed by atoms with Crippen LogP contribution in [0.25, 0.3) is 11.0 Å². The lowest BCUT2D eigenvalue weighted by Gasteiger charge is -2.07. The fourth-order valence-electron chi connectivity index (χ4n) is 2.59. The third-order valence-corrected chi connectivity index (χ3v) is 4.16. The fraction of sp³-hybridized carbons (Fsp3) is 0.409. The highest BCUT2D eigenvalue weighted by atomic mass is 16.5. The van der Waals surface area contributed by atoms with Crippen LogP contribution in [0.2, 0.25) is 0 Å². The largest absolute Gasteiger partial charge is 0.422 e. The maximum Gasteiger partial charge on any atom is 0.349 e. The molecule has 1 aromatic heterocycles. The van der Waals surface area contributed by atoms with Gasteiger partial charge in [0.1, 0.15) is 11.1 Å². The number of carbonyl (C=O) groups is 2. The summed E-state index contributed by atoms with van der Waals surface area (Å²) in [5.74, 6) is 4.91. The molecule has 0 aliphatic rings. The second-order valence-corrected chi connectivity index (χ2v) is 6.52. The van der Waals surface area contributed by atoms with Gasteiger partial charge in [0, 0.05) is 25.0 Å². The summed E-state index contributed by atoms with van der Waals surface area (Å²) in [4.78, 5) is 35.7. The van der Waals surface area contributed by atoms with Gasteiger partial charge < -0.3 is 19.8 Å². The van der Waals surface area contributed by atoms with Crippen LogP contribution in [-0.2, 0) is 9.53 Å². The van der Waals surface area contributed by atoms with Gasteiger partial charge in [-0.2, -0.15) is 0 Å². The molecule has 0 atom stereocenters. The number of hydrogen-bond acceptors (Lipinski definition) is 5. The zero-order valence-electron chi connectivity index (χ0n) is 16.8. The van der Waals surface area contributed by atoms with Crippen molar-refractivity contribution in [1.29, 1.82) is 0 Å². The smallest absolute Gasteiger partial charge is 0.349 e. The standard InChI is InChI=1S/C22H26N2O5/c1-3-4-10-23-20(25)9-13-28-12-6-5-11-24-21(26)18-15-17-8-7-16(2)14-19(17)29-22(18)27/h7-8,14-15H,5-6,9-13H2,1-2H3,(H,23,25)(H,24,26). The van der Waals surface area contributed by atoms with Gasteiger partial charge in [-0.3, -0.25) is 9.59 Å². The van der Waals surface area contributed by atoms with Crippen LogP contribution in [0.3, 0.4) is 0 Å². The van der Waals surface area contributed by atoms with Crippen molar-refractivity contribution in [2.24, 2.45) is 0 Å². The molecule has 2 N–H and O–H groups in total. The summed E-state index contributed by atoms with van der Waals surface area (Å²) < 4.78 is 10.6. The molecule has 1 heterocycles. The summed E-state index contributed by atoms with van der Waals surface area (Å²) >= 11 is 0. The van der Waals surface area contributed by atoms with Gasteiger partial charge in [0.15, 0.2) is 0 Å². The van der Waals surface area contributed by atoms with Crippen LogP contribution in [0.5, 0.6) is 0 Å². The van der Waals surface area contributed by atoms with Crippen LogP contribution in [0.4, 0.5) is 0 Å². The normalized spacial score (nSPS) is 10.3.